The highest BCUT2D eigenvalue weighted by atomic mass is 19.4. The van der Waals surface area contributed by atoms with Gasteiger partial charge < -0.3 is 15.4 Å². The zero-order valence-corrected chi connectivity index (χ0v) is 18.8. The Morgan fingerprint density at radius 2 is 1.74 bits per heavy atom. The number of nitrogens with one attached hydrogen (secondary N) is 2. The van der Waals surface area contributed by atoms with Gasteiger partial charge in [-0.3, -0.25) is 9.79 Å². The van der Waals surface area contributed by atoms with Crippen LogP contribution in [0.15, 0.2) is 47.5 Å². The monoisotopic (exact) mass is 497 g/mol. The van der Waals surface area contributed by atoms with Crippen molar-refractivity contribution in [2.45, 2.75) is 50.4 Å². The Hall–Kier alpha value is -3.50. The molecule has 6 nitrogen and oxygen atoms in total. The summed E-state index contributed by atoms with van der Waals surface area (Å²) in [6.07, 6.45) is -2.88. The van der Waals surface area contributed by atoms with Crippen LogP contribution in [0.5, 0.6) is 0 Å². The standard InChI is InChI=1S/C24H24F5N3O3/c1-35-23(34)31-18-8-6-17(7-9-18)30-21(12-14-3-2-4-16(11-14)24(27,28)29)32-22(33)15-5-10-19(25)20(26)13-15/h2-5,10-11,13,17-18H,6-9,12H2,1H3,(H,31,34)(H,30,32,33). The fourth-order valence-corrected chi connectivity index (χ4v) is 3.81. The summed E-state index contributed by atoms with van der Waals surface area (Å²) in [5.41, 5.74) is -0.729. The van der Waals surface area contributed by atoms with Gasteiger partial charge in [-0.05, 0) is 55.5 Å². The van der Waals surface area contributed by atoms with E-state index in [0.717, 1.165) is 30.3 Å². The van der Waals surface area contributed by atoms with E-state index in [1.807, 2.05) is 0 Å². The van der Waals surface area contributed by atoms with Gasteiger partial charge in [0.2, 0.25) is 0 Å². The van der Waals surface area contributed by atoms with E-state index in [4.69, 9.17) is 0 Å². The first-order valence-corrected chi connectivity index (χ1v) is 10.9. The lowest BCUT2D eigenvalue weighted by atomic mass is 9.91. The number of carbonyl (C=O) groups is 2. The number of ether oxygens (including phenoxy) is 1. The van der Waals surface area contributed by atoms with Crippen LogP contribution in [-0.2, 0) is 17.3 Å². The summed E-state index contributed by atoms with van der Waals surface area (Å²) in [6.45, 7) is 0. The topological polar surface area (TPSA) is 79.8 Å². The SMILES string of the molecule is COC(=O)NC1CCC(N=C(Cc2cccc(C(F)(F)F)c2)NC(=O)c2ccc(F)c(F)c2)CC1. The highest BCUT2D eigenvalue weighted by Crippen LogP contribution is 2.30. The van der Waals surface area contributed by atoms with E-state index in [1.54, 1.807) is 0 Å². The van der Waals surface area contributed by atoms with Crippen molar-refractivity contribution in [1.82, 2.24) is 10.6 Å². The molecular weight excluding hydrogens is 473 g/mol. The molecule has 0 unspecified atom stereocenters. The summed E-state index contributed by atoms with van der Waals surface area (Å²) >= 11 is 0. The molecule has 0 aromatic heterocycles. The van der Waals surface area contributed by atoms with Crippen LogP contribution < -0.4 is 10.6 Å². The molecule has 0 atom stereocenters. The normalized spacial score (nSPS) is 18.6. The van der Waals surface area contributed by atoms with Gasteiger partial charge in [-0.2, -0.15) is 13.2 Å². The summed E-state index contributed by atoms with van der Waals surface area (Å²) in [4.78, 5) is 28.6. The molecule has 1 saturated carbocycles. The Labute approximate surface area is 198 Å². The first-order valence-electron chi connectivity index (χ1n) is 10.9. The number of amidine groups is 1. The highest BCUT2D eigenvalue weighted by molar-refractivity contribution is 6.07. The first-order chi connectivity index (χ1) is 16.5. The third kappa shape index (κ3) is 7.49. The molecule has 2 aromatic carbocycles. The number of alkyl halides is 3. The molecule has 0 saturated heterocycles. The lowest BCUT2D eigenvalue weighted by molar-refractivity contribution is -0.137. The minimum absolute atomic E-state index is 0.0994. The van der Waals surface area contributed by atoms with Crippen molar-refractivity contribution in [3.05, 3.63) is 70.8 Å². The van der Waals surface area contributed by atoms with Crippen LogP contribution in [0.4, 0.5) is 26.7 Å². The van der Waals surface area contributed by atoms with Gasteiger partial charge in [-0.25, -0.2) is 13.6 Å². The largest absolute Gasteiger partial charge is 0.453 e. The Morgan fingerprint density at radius 3 is 2.37 bits per heavy atom. The molecule has 35 heavy (non-hydrogen) atoms. The number of halogens is 5. The summed E-state index contributed by atoms with van der Waals surface area (Å²) in [6, 6.07) is 6.93. The molecular formula is C24H24F5N3O3. The van der Waals surface area contributed by atoms with Crippen molar-refractivity contribution < 1.29 is 36.3 Å². The molecule has 1 aliphatic carbocycles. The van der Waals surface area contributed by atoms with Crippen molar-refractivity contribution >= 4 is 17.8 Å². The number of alkyl carbamates (subject to hydrolysis) is 1. The molecule has 1 fully saturated rings. The van der Waals surface area contributed by atoms with Crippen LogP contribution >= 0.6 is 0 Å². The Morgan fingerprint density at radius 1 is 1.03 bits per heavy atom. The zero-order valence-electron chi connectivity index (χ0n) is 18.8. The smallest absolute Gasteiger partial charge is 0.416 e. The van der Waals surface area contributed by atoms with Gasteiger partial charge in [-0.15, -0.1) is 0 Å². The highest BCUT2D eigenvalue weighted by Gasteiger charge is 2.30. The maximum Gasteiger partial charge on any atom is 0.416 e. The van der Waals surface area contributed by atoms with E-state index in [9.17, 15) is 31.5 Å². The number of benzene rings is 2. The third-order valence-electron chi connectivity index (χ3n) is 5.61. The maximum absolute atomic E-state index is 13.6. The van der Waals surface area contributed by atoms with E-state index in [-0.39, 0.29) is 35.5 Å². The lowest BCUT2D eigenvalue weighted by Gasteiger charge is -2.27. The average Bonchev–Trinajstić information content (AvgIpc) is 2.81. The molecule has 188 valence electrons. The predicted octanol–water partition coefficient (Wildman–Crippen LogP) is 5.02. The van der Waals surface area contributed by atoms with Crippen LogP contribution in [0, 0.1) is 11.6 Å². The van der Waals surface area contributed by atoms with Gasteiger partial charge in [0, 0.05) is 18.0 Å². The van der Waals surface area contributed by atoms with Gasteiger partial charge >= 0.3 is 12.3 Å². The maximum atomic E-state index is 13.6. The number of methoxy groups -OCH3 is 1. The molecule has 0 bridgehead atoms. The third-order valence-corrected chi connectivity index (χ3v) is 5.61. The van der Waals surface area contributed by atoms with Gasteiger partial charge in [0.1, 0.15) is 5.84 Å². The van der Waals surface area contributed by atoms with Gasteiger partial charge in [-0.1, -0.05) is 18.2 Å². The fraction of sp³-hybridized carbons (Fsp3) is 0.375. The number of hydrogen-bond acceptors (Lipinski definition) is 4. The van der Waals surface area contributed by atoms with Crippen molar-refractivity contribution in [3.8, 4) is 0 Å². The van der Waals surface area contributed by atoms with Crippen LogP contribution in [0.25, 0.3) is 0 Å². The molecule has 2 amide bonds. The van der Waals surface area contributed by atoms with E-state index in [0.29, 0.717) is 25.7 Å². The van der Waals surface area contributed by atoms with Gasteiger partial charge in [0.25, 0.3) is 5.91 Å². The summed E-state index contributed by atoms with van der Waals surface area (Å²) in [5.74, 6) is -2.98. The molecule has 0 heterocycles. The molecule has 0 aliphatic heterocycles. The van der Waals surface area contributed by atoms with Crippen LogP contribution in [0.2, 0.25) is 0 Å². The number of amides is 2. The van der Waals surface area contributed by atoms with E-state index < -0.39 is 35.4 Å². The quantitative estimate of drug-likeness (QED) is 0.346. The Bertz CT molecular complexity index is 1100. The number of rotatable bonds is 5. The predicted molar refractivity (Wildman–Crippen MR) is 118 cm³/mol. The van der Waals surface area contributed by atoms with E-state index in [1.165, 1.54) is 19.2 Å². The Balaban J connectivity index is 1.79. The number of aliphatic imine (C=N–C) groups is 1. The van der Waals surface area contributed by atoms with E-state index in [2.05, 4.69) is 20.4 Å². The Kier molecular flexibility index (Phi) is 8.42. The molecule has 2 aromatic rings. The summed E-state index contributed by atoms with van der Waals surface area (Å²) in [7, 11) is 1.26. The summed E-state index contributed by atoms with van der Waals surface area (Å²) in [5, 5.41) is 5.25. The van der Waals surface area contributed by atoms with Gasteiger partial charge in [0.15, 0.2) is 11.6 Å². The minimum atomic E-state index is -4.53. The van der Waals surface area contributed by atoms with Gasteiger partial charge in [0.05, 0.1) is 18.7 Å². The van der Waals surface area contributed by atoms with Crippen LogP contribution in [0.3, 0.4) is 0 Å². The molecule has 1 aliphatic rings. The molecule has 2 N–H and O–H groups in total. The van der Waals surface area contributed by atoms with Crippen molar-refractivity contribution in [2.24, 2.45) is 4.99 Å². The molecule has 3 rings (SSSR count). The van der Waals surface area contributed by atoms with E-state index >= 15 is 0 Å². The number of nitrogens with zero attached hydrogens (tertiary/aromatic N) is 1. The lowest BCUT2D eigenvalue weighted by Crippen LogP contribution is -2.39. The number of hydrogen-bond donors (Lipinski definition) is 2. The van der Waals surface area contributed by atoms with Crippen molar-refractivity contribution in [3.63, 3.8) is 0 Å². The van der Waals surface area contributed by atoms with Crippen molar-refractivity contribution in [2.75, 3.05) is 7.11 Å². The average molecular weight is 497 g/mol. The zero-order chi connectivity index (χ0) is 25.6. The number of carbonyl (C=O) groups excluding carboxylic acids is 2. The second-order valence-corrected chi connectivity index (χ2v) is 8.18. The molecule has 0 spiro atoms. The minimum Gasteiger partial charge on any atom is -0.453 e. The first kappa shape index (κ1) is 26.1. The molecule has 11 heteroatoms. The van der Waals surface area contributed by atoms with Crippen LogP contribution in [-0.4, -0.2) is 37.0 Å². The second kappa shape index (κ2) is 11.3. The van der Waals surface area contributed by atoms with Crippen molar-refractivity contribution in [1.29, 1.82) is 0 Å². The second-order valence-electron chi connectivity index (χ2n) is 8.18. The van der Waals surface area contributed by atoms with Crippen LogP contribution in [0.1, 0.15) is 47.2 Å². The summed E-state index contributed by atoms with van der Waals surface area (Å²) < 4.78 is 70.8. The fourth-order valence-electron chi connectivity index (χ4n) is 3.81. The molecule has 0 radical (unpaired) electrons.